The van der Waals surface area contributed by atoms with Crippen LogP contribution in [0.25, 0.3) is 0 Å². The van der Waals surface area contributed by atoms with Crippen LogP contribution in [0.15, 0.2) is 24.3 Å². The van der Waals surface area contributed by atoms with E-state index in [4.69, 9.17) is 15.2 Å². The number of primary amides is 1. The first-order valence-corrected chi connectivity index (χ1v) is 17.5. The Bertz CT molecular complexity index is 1450. The summed E-state index contributed by atoms with van der Waals surface area (Å²) in [6, 6.07) is 3.58. The standard InChI is InChI=1S/C36H51N5O8/c1-20(2)27(39-34(47)40-36(15-7-6-8-16-36)33(46)49-19-22-11-13-23(48-5)14-12-22)32(45)41-18-24-26(35(24,3)4)28(41)31(44)38-25(17-21-9-10-21)29(42)30(37)43/h11-14,20-21,24-28H,6-10,15-19H2,1-5H3,(H2,37,43)(H,38,44)(H2,39,40,47)/t24-,25?,26-,27-,28-/m0/s1. The van der Waals surface area contributed by atoms with Gasteiger partial charge in [-0.05, 0) is 66.0 Å². The fourth-order valence-corrected chi connectivity index (χ4v) is 7.79. The number of Topliss-reactive ketones (excluding diaryl/α,β-unsaturated/α-hetero) is 1. The Morgan fingerprint density at radius 2 is 1.63 bits per heavy atom. The molecule has 1 heterocycles. The number of nitrogens with one attached hydrogen (secondary N) is 3. The minimum Gasteiger partial charge on any atom is -0.497 e. The van der Waals surface area contributed by atoms with Crippen molar-refractivity contribution in [2.45, 2.75) is 109 Å². The second kappa shape index (κ2) is 14.4. The highest BCUT2D eigenvalue weighted by atomic mass is 16.5. The third-order valence-electron chi connectivity index (χ3n) is 11.1. The van der Waals surface area contributed by atoms with Crippen molar-refractivity contribution < 1.29 is 38.2 Å². The van der Waals surface area contributed by atoms with Crippen LogP contribution < -0.4 is 26.4 Å². The van der Waals surface area contributed by atoms with Gasteiger partial charge >= 0.3 is 12.0 Å². The van der Waals surface area contributed by atoms with E-state index < -0.39 is 59.2 Å². The molecule has 3 saturated carbocycles. The summed E-state index contributed by atoms with van der Waals surface area (Å²) in [7, 11) is 1.57. The number of nitrogens with two attached hydrogens (primary N) is 1. The number of esters is 1. The lowest BCUT2D eigenvalue weighted by molar-refractivity contribution is -0.154. The van der Waals surface area contributed by atoms with Gasteiger partial charge in [-0.1, -0.05) is 71.9 Å². The topological polar surface area (TPSA) is 186 Å². The van der Waals surface area contributed by atoms with E-state index in [-0.39, 0.29) is 35.7 Å². The lowest BCUT2D eigenvalue weighted by Gasteiger charge is -2.37. The van der Waals surface area contributed by atoms with E-state index in [2.05, 4.69) is 16.0 Å². The SMILES string of the molecule is COc1ccc(COC(=O)C2(NC(=O)N[C@H](C(=O)N3C[C@H]4[C@@H]([C@H]3C(=O)NC(CC3CC3)C(=O)C(N)=O)C4(C)C)C(C)C)CCCCC2)cc1. The van der Waals surface area contributed by atoms with Gasteiger partial charge in [-0.2, -0.15) is 0 Å². The lowest BCUT2D eigenvalue weighted by atomic mass is 9.81. The molecule has 1 aromatic rings. The summed E-state index contributed by atoms with van der Waals surface area (Å²) in [5, 5.41) is 8.45. The van der Waals surface area contributed by atoms with Gasteiger partial charge in [-0.3, -0.25) is 19.2 Å². The number of hydrogen-bond donors (Lipinski definition) is 4. The zero-order valence-corrected chi connectivity index (χ0v) is 29.2. The molecule has 5 atom stereocenters. The maximum absolute atomic E-state index is 14.2. The van der Waals surface area contributed by atoms with Gasteiger partial charge in [0.25, 0.3) is 5.91 Å². The lowest BCUT2D eigenvalue weighted by Crippen LogP contribution is -2.63. The number of urea groups is 1. The number of methoxy groups -OCH3 is 1. The Kier molecular flexibility index (Phi) is 10.6. The first kappa shape index (κ1) is 36.1. The van der Waals surface area contributed by atoms with E-state index >= 15 is 0 Å². The molecule has 4 fully saturated rings. The largest absolute Gasteiger partial charge is 0.497 e. The fraction of sp³-hybridized carbons (Fsp3) is 0.667. The molecule has 0 aromatic heterocycles. The summed E-state index contributed by atoms with van der Waals surface area (Å²) in [6.45, 7) is 8.04. The van der Waals surface area contributed by atoms with Crippen molar-refractivity contribution in [3.63, 3.8) is 0 Å². The predicted octanol–water partition coefficient (Wildman–Crippen LogP) is 2.59. The average Bonchev–Trinajstić information content (AvgIpc) is 3.93. The molecule has 4 aliphatic rings. The highest BCUT2D eigenvalue weighted by molar-refractivity contribution is 6.37. The molecule has 268 valence electrons. The van der Waals surface area contributed by atoms with Crippen molar-refractivity contribution in [1.29, 1.82) is 0 Å². The number of rotatable bonds is 14. The van der Waals surface area contributed by atoms with Crippen LogP contribution in [-0.2, 0) is 35.3 Å². The molecule has 1 aromatic carbocycles. The predicted molar refractivity (Wildman–Crippen MR) is 179 cm³/mol. The molecule has 5 rings (SSSR count). The van der Waals surface area contributed by atoms with Gasteiger partial charge in [0.1, 0.15) is 30.0 Å². The van der Waals surface area contributed by atoms with Crippen LogP contribution in [0.2, 0.25) is 0 Å². The van der Waals surface area contributed by atoms with Crippen LogP contribution >= 0.6 is 0 Å². The van der Waals surface area contributed by atoms with E-state index in [1.165, 1.54) is 4.90 Å². The van der Waals surface area contributed by atoms with E-state index in [9.17, 15) is 28.8 Å². The number of ether oxygens (including phenoxy) is 2. The number of carbonyl (C=O) groups excluding carboxylic acids is 6. The van der Waals surface area contributed by atoms with Crippen molar-refractivity contribution in [2.75, 3.05) is 13.7 Å². The molecule has 1 saturated heterocycles. The van der Waals surface area contributed by atoms with E-state index in [0.717, 1.165) is 37.7 Å². The third-order valence-corrected chi connectivity index (χ3v) is 11.1. The van der Waals surface area contributed by atoms with Crippen LogP contribution in [0, 0.1) is 29.1 Å². The Labute approximate surface area is 287 Å². The van der Waals surface area contributed by atoms with Gasteiger partial charge in [0.2, 0.25) is 17.6 Å². The molecule has 1 unspecified atom stereocenters. The quantitative estimate of drug-likeness (QED) is 0.170. The molecule has 5 N–H and O–H groups in total. The number of carbonyl (C=O) groups is 6. The Hall–Kier alpha value is -4.16. The normalized spacial score (nSPS) is 24.5. The molecule has 1 aliphatic heterocycles. The second-order valence-electron chi connectivity index (χ2n) is 15.2. The van der Waals surface area contributed by atoms with Crippen molar-refractivity contribution in [3.8, 4) is 5.75 Å². The summed E-state index contributed by atoms with van der Waals surface area (Å²) in [6.07, 6.45) is 5.34. The van der Waals surface area contributed by atoms with Crippen LogP contribution in [0.4, 0.5) is 4.79 Å². The third kappa shape index (κ3) is 7.86. The summed E-state index contributed by atoms with van der Waals surface area (Å²) in [5.74, 6) is -2.92. The van der Waals surface area contributed by atoms with Gasteiger partial charge in [0, 0.05) is 6.54 Å². The zero-order valence-electron chi connectivity index (χ0n) is 29.2. The van der Waals surface area contributed by atoms with E-state index in [0.29, 0.717) is 31.6 Å². The summed E-state index contributed by atoms with van der Waals surface area (Å²) < 4.78 is 10.9. The van der Waals surface area contributed by atoms with Crippen LogP contribution in [0.1, 0.15) is 84.6 Å². The minimum atomic E-state index is -1.25. The number of amides is 5. The fourth-order valence-electron chi connectivity index (χ4n) is 7.79. The first-order valence-electron chi connectivity index (χ1n) is 17.5. The van der Waals surface area contributed by atoms with Gasteiger partial charge in [-0.15, -0.1) is 0 Å². The number of ketones is 1. The van der Waals surface area contributed by atoms with Gasteiger partial charge in [-0.25, -0.2) is 9.59 Å². The minimum absolute atomic E-state index is 0.0324. The van der Waals surface area contributed by atoms with Gasteiger partial charge in [0.15, 0.2) is 0 Å². The van der Waals surface area contributed by atoms with Crippen molar-refractivity contribution >= 4 is 35.5 Å². The molecule has 0 spiro atoms. The number of nitrogens with zero attached hydrogens (tertiary/aromatic N) is 1. The van der Waals surface area contributed by atoms with Gasteiger partial charge in [0.05, 0.1) is 13.2 Å². The Balaban J connectivity index is 1.27. The maximum Gasteiger partial charge on any atom is 0.332 e. The molecule has 13 nitrogen and oxygen atoms in total. The van der Waals surface area contributed by atoms with E-state index in [1.807, 2.05) is 13.8 Å². The Morgan fingerprint density at radius 1 is 0.980 bits per heavy atom. The molecule has 49 heavy (non-hydrogen) atoms. The summed E-state index contributed by atoms with van der Waals surface area (Å²) in [4.78, 5) is 81.1. The zero-order chi connectivity index (χ0) is 35.7. The monoisotopic (exact) mass is 681 g/mol. The van der Waals surface area contributed by atoms with Crippen LogP contribution in [0.5, 0.6) is 5.75 Å². The van der Waals surface area contributed by atoms with Crippen molar-refractivity contribution in [2.24, 2.45) is 34.8 Å². The molecular weight excluding hydrogens is 630 g/mol. The molecule has 3 aliphatic carbocycles. The number of piperidine rings is 1. The molecule has 13 heteroatoms. The van der Waals surface area contributed by atoms with Crippen molar-refractivity contribution in [1.82, 2.24) is 20.9 Å². The highest BCUT2D eigenvalue weighted by Crippen LogP contribution is 2.65. The van der Waals surface area contributed by atoms with Gasteiger partial charge < -0.3 is 36.1 Å². The molecule has 0 bridgehead atoms. The van der Waals surface area contributed by atoms with Crippen LogP contribution in [-0.4, -0.2) is 77.7 Å². The number of likely N-dealkylation sites (tertiary alicyclic amines) is 1. The summed E-state index contributed by atoms with van der Waals surface area (Å²) >= 11 is 0. The van der Waals surface area contributed by atoms with E-state index in [1.54, 1.807) is 45.2 Å². The maximum atomic E-state index is 14.2. The second-order valence-corrected chi connectivity index (χ2v) is 15.2. The highest BCUT2D eigenvalue weighted by Gasteiger charge is 2.69. The Morgan fingerprint density at radius 3 is 2.20 bits per heavy atom. The molecule has 0 radical (unpaired) electrons. The first-order chi connectivity index (χ1) is 23.2. The average molecular weight is 682 g/mol. The molecular formula is C36H51N5O8. The molecule has 5 amide bonds. The number of benzene rings is 1. The smallest absolute Gasteiger partial charge is 0.332 e. The summed E-state index contributed by atoms with van der Waals surface area (Å²) in [5.41, 5.74) is 4.63. The van der Waals surface area contributed by atoms with Crippen LogP contribution in [0.3, 0.4) is 0 Å². The number of hydrogen-bond acceptors (Lipinski definition) is 8. The number of fused-ring (bicyclic) bond motifs is 1. The van der Waals surface area contributed by atoms with Crippen molar-refractivity contribution in [3.05, 3.63) is 29.8 Å².